The third-order valence-corrected chi connectivity index (χ3v) is 5.23. The highest BCUT2D eigenvalue weighted by molar-refractivity contribution is 9.09. The monoisotopic (exact) mass is 368 g/mol. The molecule has 0 fully saturated rings. The maximum absolute atomic E-state index is 13.1. The van der Waals surface area contributed by atoms with Crippen molar-refractivity contribution in [2.75, 3.05) is 5.33 Å². The molecule has 1 atom stereocenters. The number of alkyl halides is 4. The quantitative estimate of drug-likeness (QED) is 0.631. The Balaban J connectivity index is 3.22. The van der Waals surface area contributed by atoms with Crippen LogP contribution < -0.4 is 0 Å². The van der Waals surface area contributed by atoms with E-state index >= 15 is 0 Å². The Hall–Kier alpha value is -0.620. The van der Waals surface area contributed by atoms with E-state index in [4.69, 9.17) is 0 Å². The van der Waals surface area contributed by atoms with Crippen LogP contribution in [0.5, 0.6) is 0 Å². The summed E-state index contributed by atoms with van der Waals surface area (Å²) in [6.07, 6.45) is -3.45. The summed E-state index contributed by atoms with van der Waals surface area (Å²) in [5.74, 6) is 0. The number of unbranched alkanes of at least 4 members (excludes halogenated alkanes) is 1. The summed E-state index contributed by atoms with van der Waals surface area (Å²) >= 11 is 3.05. The Labute approximate surface area is 127 Å². The summed E-state index contributed by atoms with van der Waals surface area (Å²) in [4.78, 5) is 0.303. The number of hydrogen-bond acceptors (Lipinski definition) is 1. The van der Waals surface area contributed by atoms with Gasteiger partial charge in [-0.1, -0.05) is 47.5 Å². The number of hydrogen-bond donors (Lipinski definition) is 0. The van der Waals surface area contributed by atoms with Gasteiger partial charge in [-0.25, -0.2) is 4.21 Å². The molecule has 0 aromatic heterocycles. The van der Waals surface area contributed by atoms with E-state index in [9.17, 15) is 17.4 Å². The average Bonchev–Trinajstić information content (AvgIpc) is 2.42. The minimum absolute atomic E-state index is 0.0485. The summed E-state index contributed by atoms with van der Waals surface area (Å²) in [5.41, 5.74) is -0.668. The zero-order valence-corrected chi connectivity index (χ0v) is 13.4. The second-order valence-electron chi connectivity index (χ2n) is 4.22. The van der Waals surface area contributed by atoms with E-state index < -0.39 is 22.5 Å². The molecule has 1 nitrogen and oxygen atoms in total. The van der Waals surface area contributed by atoms with Gasteiger partial charge >= 0.3 is 6.18 Å². The summed E-state index contributed by atoms with van der Waals surface area (Å²) in [6.45, 7) is 1.83. The Morgan fingerprint density at radius 3 is 2.30 bits per heavy atom. The minimum atomic E-state index is -4.44. The van der Waals surface area contributed by atoms with E-state index in [0.717, 1.165) is 0 Å². The lowest BCUT2D eigenvalue weighted by molar-refractivity contribution is -0.0945. The second-order valence-corrected chi connectivity index (χ2v) is 6.28. The maximum atomic E-state index is 13.1. The van der Waals surface area contributed by atoms with Crippen molar-refractivity contribution in [3.05, 3.63) is 40.8 Å². The zero-order chi connectivity index (χ0) is 15.2. The third-order valence-electron chi connectivity index (χ3n) is 2.76. The first-order valence-corrected chi connectivity index (χ1v) is 8.51. The van der Waals surface area contributed by atoms with Gasteiger partial charge in [0.1, 0.15) is 0 Å². The molecule has 1 unspecified atom stereocenters. The Morgan fingerprint density at radius 2 is 1.85 bits per heavy atom. The van der Waals surface area contributed by atoms with Gasteiger partial charge in [0.25, 0.3) is 0 Å². The van der Waals surface area contributed by atoms with Crippen LogP contribution in [0.3, 0.4) is 0 Å². The Morgan fingerprint density at radius 1 is 1.25 bits per heavy atom. The van der Waals surface area contributed by atoms with Crippen molar-refractivity contribution in [1.82, 2.24) is 0 Å². The second kappa shape index (κ2) is 7.98. The number of rotatable bonds is 6. The molecule has 6 heteroatoms. The van der Waals surface area contributed by atoms with Crippen LogP contribution >= 0.6 is 15.9 Å². The smallest absolute Gasteiger partial charge is 0.249 e. The molecule has 0 aliphatic carbocycles. The molecule has 1 aromatic rings. The summed E-state index contributed by atoms with van der Waals surface area (Å²) in [7, 11) is -1.79. The van der Waals surface area contributed by atoms with Crippen molar-refractivity contribution in [2.24, 2.45) is 0 Å². The molecule has 0 aliphatic heterocycles. The van der Waals surface area contributed by atoms with Crippen LogP contribution in [0.4, 0.5) is 13.2 Å². The SMILES string of the molecule is CCCC/C(=C(/CBr)S(=O)c1ccccc1)C(F)(F)F. The lowest BCUT2D eigenvalue weighted by Gasteiger charge is -2.16. The van der Waals surface area contributed by atoms with Gasteiger partial charge in [0.05, 0.1) is 10.8 Å². The highest BCUT2D eigenvalue weighted by Gasteiger charge is 2.36. The highest BCUT2D eigenvalue weighted by atomic mass is 79.9. The lowest BCUT2D eigenvalue weighted by atomic mass is 10.1. The van der Waals surface area contributed by atoms with Gasteiger partial charge in [0.15, 0.2) is 0 Å². The van der Waals surface area contributed by atoms with Crippen LogP contribution in [0.15, 0.2) is 45.7 Å². The fourth-order valence-electron chi connectivity index (χ4n) is 1.72. The molecule has 0 amide bonds. The predicted molar refractivity (Wildman–Crippen MR) is 79.3 cm³/mol. The van der Waals surface area contributed by atoms with Crippen LogP contribution in [-0.2, 0) is 10.8 Å². The molecular formula is C14H16BrF3OS. The van der Waals surface area contributed by atoms with Gasteiger partial charge in [-0.3, -0.25) is 0 Å². The molecule has 0 spiro atoms. The van der Waals surface area contributed by atoms with Gasteiger partial charge < -0.3 is 0 Å². The minimum Gasteiger partial charge on any atom is -0.249 e. The first-order valence-electron chi connectivity index (χ1n) is 6.23. The van der Waals surface area contributed by atoms with Gasteiger partial charge in [-0.05, 0) is 25.0 Å². The first kappa shape index (κ1) is 17.4. The molecule has 0 aliphatic rings. The van der Waals surface area contributed by atoms with E-state index in [2.05, 4.69) is 15.9 Å². The zero-order valence-electron chi connectivity index (χ0n) is 11.0. The highest BCUT2D eigenvalue weighted by Crippen LogP contribution is 2.35. The number of halogens is 4. The van der Waals surface area contributed by atoms with Gasteiger partial charge in [0, 0.05) is 20.7 Å². The molecule has 1 rings (SSSR count). The molecule has 0 bridgehead atoms. The van der Waals surface area contributed by atoms with E-state index in [-0.39, 0.29) is 16.7 Å². The number of benzene rings is 1. The maximum Gasteiger partial charge on any atom is 0.413 e. The molecule has 0 saturated heterocycles. The predicted octanol–water partition coefficient (Wildman–Crippen LogP) is 5.20. The van der Waals surface area contributed by atoms with E-state index in [1.54, 1.807) is 30.3 Å². The largest absolute Gasteiger partial charge is 0.413 e. The molecular weight excluding hydrogens is 353 g/mol. The van der Waals surface area contributed by atoms with Gasteiger partial charge in [0.2, 0.25) is 0 Å². The van der Waals surface area contributed by atoms with Crippen molar-refractivity contribution >= 4 is 26.7 Å². The molecule has 20 heavy (non-hydrogen) atoms. The molecule has 0 heterocycles. The summed E-state index contributed by atoms with van der Waals surface area (Å²) < 4.78 is 51.8. The van der Waals surface area contributed by atoms with E-state index in [1.165, 1.54) is 0 Å². The first-order chi connectivity index (χ1) is 9.41. The van der Waals surface area contributed by atoms with Crippen LogP contribution in [0.2, 0.25) is 0 Å². The van der Waals surface area contributed by atoms with Crippen molar-refractivity contribution in [3.8, 4) is 0 Å². The van der Waals surface area contributed by atoms with Crippen molar-refractivity contribution in [2.45, 2.75) is 37.3 Å². The average molecular weight is 369 g/mol. The van der Waals surface area contributed by atoms with Crippen molar-refractivity contribution < 1.29 is 17.4 Å². The summed E-state index contributed by atoms with van der Waals surface area (Å²) in [5, 5.41) is -0.0485. The Bertz CT molecular complexity index is 483. The summed E-state index contributed by atoms with van der Waals surface area (Å²) in [6, 6.07) is 8.22. The fraction of sp³-hybridized carbons (Fsp3) is 0.429. The van der Waals surface area contributed by atoms with Crippen molar-refractivity contribution in [3.63, 3.8) is 0 Å². The third kappa shape index (κ3) is 4.74. The topological polar surface area (TPSA) is 17.1 Å². The van der Waals surface area contributed by atoms with Crippen LogP contribution in [-0.4, -0.2) is 15.7 Å². The van der Waals surface area contributed by atoms with E-state index in [1.807, 2.05) is 6.92 Å². The van der Waals surface area contributed by atoms with Crippen LogP contribution in [0.25, 0.3) is 0 Å². The van der Waals surface area contributed by atoms with E-state index in [0.29, 0.717) is 17.7 Å². The van der Waals surface area contributed by atoms with Gasteiger partial charge in [-0.2, -0.15) is 13.2 Å². The molecule has 1 aromatic carbocycles. The molecule has 0 saturated carbocycles. The molecule has 112 valence electrons. The molecule has 0 radical (unpaired) electrons. The molecule has 0 N–H and O–H groups in total. The number of allylic oxidation sites excluding steroid dienone is 2. The standard InChI is InChI=1S/C14H16BrF3OS/c1-2-3-9-12(14(16,17)18)13(10-15)20(19)11-7-5-4-6-8-11/h4-8H,2-3,9-10H2,1H3/b13-12+. The van der Waals surface area contributed by atoms with Crippen molar-refractivity contribution in [1.29, 1.82) is 0 Å². The normalized spacial score (nSPS) is 14.8. The fourth-order valence-corrected chi connectivity index (χ4v) is 3.91. The van der Waals surface area contributed by atoms with Crippen LogP contribution in [0.1, 0.15) is 26.2 Å². The van der Waals surface area contributed by atoms with Gasteiger partial charge in [-0.15, -0.1) is 0 Å². The van der Waals surface area contributed by atoms with Crippen LogP contribution in [0, 0.1) is 0 Å². The lowest BCUT2D eigenvalue weighted by Crippen LogP contribution is -2.17. The Kier molecular flexibility index (Phi) is 6.95.